The molecule has 1 amide bonds. The Kier molecular flexibility index (Phi) is 9.50. The fraction of sp³-hybridized carbons (Fsp3) is 0.259. The zero-order chi connectivity index (χ0) is 25.0. The largest absolute Gasteiger partial charge is 0.460 e. The fourth-order valence-corrected chi connectivity index (χ4v) is 3.08. The zero-order valence-electron chi connectivity index (χ0n) is 19.8. The van der Waals surface area contributed by atoms with Gasteiger partial charge in [-0.25, -0.2) is 9.59 Å². The molecule has 0 bridgehead atoms. The van der Waals surface area contributed by atoms with Gasteiger partial charge >= 0.3 is 12.1 Å². The van der Waals surface area contributed by atoms with Crippen LogP contribution in [0.15, 0.2) is 78.9 Å². The molecule has 1 atom stereocenters. The van der Waals surface area contributed by atoms with Crippen LogP contribution in [-0.4, -0.2) is 44.7 Å². The van der Waals surface area contributed by atoms with E-state index in [1.54, 1.807) is 19.1 Å². The maximum atomic E-state index is 12.1. The lowest BCUT2D eigenvalue weighted by Gasteiger charge is -2.18. The predicted molar refractivity (Wildman–Crippen MR) is 132 cm³/mol. The van der Waals surface area contributed by atoms with Crippen LogP contribution in [0.1, 0.15) is 13.8 Å². The Morgan fingerprint density at radius 1 is 0.914 bits per heavy atom. The van der Waals surface area contributed by atoms with Crippen molar-refractivity contribution >= 4 is 22.8 Å². The van der Waals surface area contributed by atoms with Crippen molar-refractivity contribution in [2.24, 2.45) is 0 Å². The molecule has 0 heterocycles. The third-order valence-corrected chi connectivity index (χ3v) is 4.69. The Bertz CT molecular complexity index is 1150. The van der Waals surface area contributed by atoms with Crippen molar-refractivity contribution in [2.45, 2.75) is 20.1 Å². The third-order valence-electron chi connectivity index (χ3n) is 4.69. The van der Waals surface area contributed by atoms with E-state index in [1.165, 1.54) is 0 Å². The van der Waals surface area contributed by atoms with Crippen molar-refractivity contribution in [3.8, 4) is 17.2 Å². The first-order valence-corrected chi connectivity index (χ1v) is 11.2. The quantitative estimate of drug-likeness (QED) is 0.172. The van der Waals surface area contributed by atoms with Gasteiger partial charge in [0.2, 0.25) is 6.29 Å². The summed E-state index contributed by atoms with van der Waals surface area (Å²) in [5, 5.41) is 4.33. The maximum absolute atomic E-state index is 12.1. The molecular formula is C27H29NO7. The van der Waals surface area contributed by atoms with E-state index in [2.05, 4.69) is 11.9 Å². The lowest BCUT2D eigenvalue weighted by atomic mass is 10.1. The standard InChI is InChI=1S/C27H29NO7/c1-19(2)26(29)32-17-16-31-15-14-28-27(30)35-23-12-13-24-21(18-23)8-7-11-25(24)34-20(3)33-22-9-5-4-6-10-22/h4-13,18,20H,1,14-17H2,2-3H3,(H,28,30). The topological polar surface area (TPSA) is 92.3 Å². The van der Waals surface area contributed by atoms with Gasteiger partial charge in [-0.3, -0.25) is 0 Å². The SMILES string of the molecule is C=C(C)C(=O)OCCOCCNC(=O)Oc1ccc2c(OC(C)Oc3ccccc3)cccc2c1. The van der Waals surface area contributed by atoms with Crippen molar-refractivity contribution in [2.75, 3.05) is 26.4 Å². The normalized spacial score (nSPS) is 11.4. The first-order chi connectivity index (χ1) is 16.9. The molecule has 35 heavy (non-hydrogen) atoms. The average Bonchev–Trinajstić information content (AvgIpc) is 2.83. The molecule has 8 nitrogen and oxygen atoms in total. The number of esters is 1. The molecule has 3 aromatic rings. The Hall–Kier alpha value is -4.04. The van der Waals surface area contributed by atoms with Crippen LogP contribution >= 0.6 is 0 Å². The van der Waals surface area contributed by atoms with Crippen LogP contribution in [0.5, 0.6) is 17.2 Å². The zero-order valence-corrected chi connectivity index (χ0v) is 19.8. The summed E-state index contributed by atoms with van der Waals surface area (Å²) in [7, 11) is 0. The molecule has 3 aromatic carbocycles. The molecule has 0 aliphatic carbocycles. The van der Waals surface area contributed by atoms with Gasteiger partial charge in [0.25, 0.3) is 0 Å². The van der Waals surface area contributed by atoms with E-state index in [0.29, 0.717) is 17.1 Å². The number of nitrogens with one attached hydrogen (secondary N) is 1. The van der Waals surface area contributed by atoms with Crippen molar-refractivity contribution in [1.82, 2.24) is 5.32 Å². The third kappa shape index (κ3) is 8.35. The van der Waals surface area contributed by atoms with E-state index < -0.39 is 18.4 Å². The number of para-hydroxylation sites is 1. The molecule has 0 aromatic heterocycles. The molecule has 3 rings (SSSR count). The molecule has 0 saturated heterocycles. The fourth-order valence-electron chi connectivity index (χ4n) is 3.08. The lowest BCUT2D eigenvalue weighted by Crippen LogP contribution is -2.30. The van der Waals surface area contributed by atoms with Gasteiger partial charge in [-0.05, 0) is 48.7 Å². The van der Waals surface area contributed by atoms with E-state index in [-0.39, 0.29) is 26.4 Å². The van der Waals surface area contributed by atoms with Gasteiger partial charge in [0.1, 0.15) is 23.9 Å². The summed E-state index contributed by atoms with van der Waals surface area (Å²) in [5.74, 6) is 1.32. The van der Waals surface area contributed by atoms with E-state index in [4.69, 9.17) is 23.7 Å². The number of benzene rings is 3. The summed E-state index contributed by atoms with van der Waals surface area (Å²) < 4.78 is 27.3. The highest BCUT2D eigenvalue weighted by Gasteiger charge is 2.11. The molecule has 0 saturated carbocycles. The van der Waals surface area contributed by atoms with Crippen molar-refractivity contribution < 1.29 is 33.3 Å². The first-order valence-electron chi connectivity index (χ1n) is 11.2. The smallest absolute Gasteiger partial charge is 0.412 e. The molecule has 0 fully saturated rings. The number of fused-ring (bicyclic) bond motifs is 1. The van der Waals surface area contributed by atoms with E-state index >= 15 is 0 Å². The molecule has 0 aliphatic rings. The van der Waals surface area contributed by atoms with Crippen LogP contribution in [0.25, 0.3) is 10.8 Å². The monoisotopic (exact) mass is 479 g/mol. The van der Waals surface area contributed by atoms with Gasteiger partial charge in [-0.15, -0.1) is 0 Å². The highest BCUT2D eigenvalue weighted by Crippen LogP contribution is 2.30. The Labute approximate surface area is 204 Å². The molecule has 0 spiro atoms. The number of carbonyl (C=O) groups excluding carboxylic acids is 2. The van der Waals surface area contributed by atoms with Crippen LogP contribution in [0.4, 0.5) is 4.79 Å². The second-order valence-corrected chi connectivity index (χ2v) is 7.60. The Morgan fingerprint density at radius 2 is 1.71 bits per heavy atom. The van der Waals surface area contributed by atoms with Crippen molar-refractivity contribution in [1.29, 1.82) is 0 Å². The highest BCUT2D eigenvalue weighted by molar-refractivity contribution is 5.90. The number of carbonyl (C=O) groups is 2. The number of hydrogen-bond acceptors (Lipinski definition) is 7. The minimum absolute atomic E-state index is 0.121. The van der Waals surface area contributed by atoms with E-state index in [9.17, 15) is 9.59 Å². The number of amides is 1. The maximum Gasteiger partial charge on any atom is 0.412 e. The van der Waals surface area contributed by atoms with Gasteiger partial charge in [0.15, 0.2) is 0 Å². The van der Waals surface area contributed by atoms with Gasteiger partial charge in [-0.2, -0.15) is 0 Å². The summed E-state index contributed by atoms with van der Waals surface area (Å²) in [6.45, 7) is 7.74. The average molecular weight is 480 g/mol. The van der Waals surface area contributed by atoms with Gasteiger partial charge in [0.05, 0.1) is 13.2 Å². The van der Waals surface area contributed by atoms with Gasteiger partial charge in [-0.1, -0.05) is 36.9 Å². The van der Waals surface area contributed by atoms with Crippen LogP contribution in [0, 0.1) is 0 Å². The second-order valence-electron chi connectivity index (χ2n) is 7.60. The molecule has 0 radical (unpaired) electrons. The Balaban J connectivity index is 1.45. The number of rotatable bonds is 12. The molecule has 1 N–H and O–H groups in total. The molecule has 0 aliphatic heterocycles. The highest BCUT2D eigenvalue weighted by atomic mass is 16.7. The van der Waals surface area contributed by atoms with Crippen LogP contribution < -0.4 is 19.5 Å². The minimum atomic E-state index is -0.598. The van der Waals surface area contributed by atoms with Crippen LogP contribution in [0.3, 0.4) is 0 Å². The molecule has 184 valence electrons. The van der Waals surface area contributed by atoms with E-state index in [1.807, 2.05) is 61.5 Å². The number of hydrogen-bond donors (Lipinski definition) is 1. The van der Waals surface area contributed by atoms with Crippen molar-refractivity contribution in [3.63, 3.8) is 0 Å². The molecule has 1 unspecified atom stereocenters. The van der Waals surface area contributed by atoms with Gasteiger partial charge < -0.3 is 29.0 Å². The lowest BCUT2D eigenvalue weighted by molar-refractivity contribution is -0.140. The van der Waals surface area contributed by atoms with Crippen molar-refractivity contribution in [3.05, 3.63) is 78.9 Å². The molecule has 8 heteroatoms. The summed E-state index contributed by atoms with van der Waals surface area (Å²) in [5.41, 5.74) is 0.332. The Morgan fingerprint density at radius 3 is 2.49 bits per heavy atom. The van der Waals surface area contributed by atoms with Crippen LogP contribution in [0.2, 0.25) is 0 Å². The number of ether oxygens (including phenoxy) is 5. The molecular weight excluding hydrogens is 450 g/mol. The van der Waals surface area contributed by atoms with Gasteiger partial charge in [0, 0.05) is 24.4 Å². The first kappa shape index (κ1) is 25.6. The summed E-state index contributed by atoms with van der Waals surface area (Å²) in [6, 6.07) is 20.4. The summed E-state index contributed by atoms with van der Waals surface area (Å²) >= 11 is 0. The second kappa shape index (κ2) is 13.0. The van der Waals surface area contributed by atoms with E-state index in [0.717, 1.165) is 16.5 Å². The predicted octanol–water partition coefficient (Wildman–Crippen LogP) is 4.87. The summed E-state index contributed by atoms with van der Waals surface area (Å²) in [4.78, 5) is 23.3. The minimum Gasteiger partial charge on any atom is -0.460 e. The summed E-state index contributed by atoms with van der Waals surface area (Å²) in [6.07, 6.45) is -1.09. The van der Waals surface area contributed by atoms with Crippen LogP contribution in [-0.2, 0) is 14.3 Å².